The Morgan fingerprint density at radius 1 is 1.75 bits per heavy atom. The fraction of sp³-hybridized carbons (Fsp3) is 0.500. The molecule has 0 amide bonds. The SMILES string of the molecule is C=CCCO[PH2]=O.[Na]. The average Bonchev–Trinajstić information content (AvgIpc) is 1.69. The molecule has 0 fully saturated rings. The van der Waals surface area contributed by atoms with Crippen molar-refractivity contribution in [1.82, 2.24) is 0 Å². The number of hydrogen-bond donors (Lipinski definition) is 0. The Bertz CT molecular complexity index is 59.1. The predicted octanol–water partition coefficient (Wildman–Crippen LogP) is 0.870. The molecule has 0 aromatic heterocycles. The molecule has 0 aliphatic rings. The van der Waals surface area contributed by atoms with Crippen LogP contribution in [0, 0.1) is 0 Å². The van der Waals surface area contributed by atoms with Crippen molar-refractivity contribution in [3.63, 3.8) is 0 Å². The molecule has 0 spiro atoms. The van der Waals surface area contributed by atoms with Crippen LogP contribution in [0.2, 0.25) is 0 Å². The summed E-state index contributed by atoms with van der Waals surface area (Å²) >= 11 is 0. The Kier molecular flexibility index (Phi) is 15.8. The van der Waals surface area contributed by atoms with Crippen LogP contribution in [0.3, 0.4) is 0 Å². The van der Waals surface area contributed by atoms with Crippen molar-refractivity contribution in [2.75, 3.05) is 6.61 Å². The third-order valence-corrected chi connectivity index (χ3v) is 0.880. The third-order valence-electron chi connectivity index (χ3n) is 0.508. The van der Waals surface area contributed by atoms with E-state index in [1.54, 1.807) is 6.08 Å². The largest absolute Gasteiger partial charge is 0.332 e. The fourth-order valence-electron chi connectivity index (χ4n) is 0.199. The Hall–Kier alpha value is 0.930. The van der Waals surface area contributed by atoms with Crippen LogP contribution in [0.5, 0.6) is 0 Å². The summed E-state index contributed by atoms with van der Waals surface area (Å²) in [6, 6.07) is 0. The van der Waals surface area contributed by atoms with Gasteiger partial charge >= 0.3 is 0 Å². The van der Waals surface area contributed by atoms with Gasteiger partial charge in [0.1, 0.15) is 0 Å². The van der Waals surface area contributed by atoms with E-state index in [-0.39, 0.29) is 29.6 Å². The molecule has 2 nitrogen and oxygen atoms in total. The molecule has 0 rings (SSSR count). The molecule has 0 aromatic carbocycles. The zero-order valence-corrected chi connectivity index (χ0v) is 8.25. The van der Waals surface area contributed by atoms with Crippen molar-refractivity contribution in [1.29, 1.82) is 0 Å². The number of rotatable bonds is 4. The average molecular weight is 143 g/mol. The molecular formula is C4H9NaO2P. The van der Waals surface area contributed by atoms with Gasteiger partial charge < -0.3 is 4.52 Å². The van der Waals surface area contributed by atoms with Crippen molar-refractivity contribution in [3.05, 3.63) is 12.7 Å². The van der Waals surface area contributed by atoms with Gasteiger partial charge in [-0.3, -0.25) is 4.57 Å². The molecule has 0 aliphatic heterocycles. The molecule has 0 saturated heterocycles. The van der Waals surface area contributed by atoms with Crippen LogP contribution < -0.4 is 0 Å². The maximum atomic E-state index is 9.63. The smallest absolute Gasteiger partial charge is 0.179 e. The maximum absolute atomic E-state index is 9.63. The van der Waals surface area contributed by atoms with Crippen molar-refractivity contribution < 1.29 is 9.09 Å². The van der Waals surface area contributed by atoms with Gasteiger partial charge in [0.2, 0.25) is 0 Å². The molecule has 0 aromatic rings. The van der Waals surface area contributed by atoms with Gasteiger partial charge in [0, 0.05) is 29.6 Å². The van der Waals surface area contributed by atoms with Crippen molar-refractivity contribution in [2.45, 2.75) is 6.42 Å². The molecule has 4 heteroatoms. The van der Waals surface area contributed by atoms with E-state index in [4.69, 9.17) is 0 Å². The first-order valence-electron chi connectivity index (χ1n) is 2.08. The minimum Gasteiger partial charge on any atom is -0.332 e. The molecule has 1 radical (unpaired) electrons. The molecule has 0 heterocycles. The third kappa shape index (κ3) is 10.0. The molecule has 1 unspecified atom stereocenters. The van der Waals surface area contributed by atoms with Gasteiger partial charge in [-0.25, -0.2) is 0 Å². The summed E-state index contributed by atoms with van der Waals surface area (Å²) in [5.41, 5.74) is 0. The van der Waals surface area contributed by atoms with Gasteiger partial charge in [0.25, 0.3) is 0 Å². The Labute approximate surface area is 72.9 Å². The van der Waals surface area contributed by atoms with Crippen LogP contribution in [0.25, 0.3) is 0 Å². The first-order chi connectivity index (χ1) is 3.41. The molecule has 1 atom stereocenters. The van der Waals surface area contributed by atoms with Crippen molar-refractivity contribution in [3.8, 4) is 0 Å². The van der Waals surface area contributed by atoms with Gasteiger partial charge in [-0.1, -0.05) is 6.08 Å². The first kappa shape index (κ1) is 11.7. The molecular weight excluding hydrogens is 134 g/mol. The van der Waals surface area contributed by atoms with E-state index in [9.17, 15) is 4.57 Å². The van der Waals surface area contributed by atoms with Crippen molar-refractivity contribution >= 4 is 38.2 Å². The molecule has 0 saturated carbocycles. The second-order valence-corrected chi connectivity index (χ2v) is 1.57. The van der Waals surface area contributed by atoms with Crippen LogP contribution in [-0.2, 0) is 9.09 Å². The van der Waals surface area contributed by atoms with E-state index < -0.39 is 8.69 Å². The zero-order chi connectivity index (χ0) is 5.54. The minimum atomic E-state index is -1.02. The minimum absolute atomic E-state index is 0. The summed E-state index contributed by atoms with van der Waals surface area (Å²) in [5.74, 6) is 0. The second-order valence-electron chi connectivity index (χ2n) is 1.04. The summed E-state index contributed by atoms with van der Waals surface area (Å²) in [6.07, 6.45) is 2.52. The van der Waals surface area contributed by atoms with Crippen LogP contribution in [0.1, 0.15) is 6.42 Å². The van der Waals surface area contributed by atoms with Gasteiger partial charge in [0.15, 0.2) is 8.69 Å². The summed E-state index contributed by atoms with van der Waals surface area (Å²) < 4.78 is 14.2. The second kappa shape index (κ2) is 10.8. The van der Waals surface area contributed by atoms with Crippen LogP contribution in [0.15, 0.2) is 12.7 Å². The number of hydrogen-bond acceptors (Lipinski definition) is 2. The van der Waals surface area contributed by atoms with Gasteiger partial charge in [0.05, 0.1) is 6.61 Å². The summed E-state index contributed by atoms with van der Waals surface area (Å²) in [4.78, 5) is 0. The summed E-state index contributed by atoms with van der Waals surface area (Å²) in [6.45, 7) is 4.00. The van der Waals surface area contributed by atoms with E-state index in [2.05, 4.69) is 11.1 Å². The summed E-state index contributed by atoms with van der Waals surface area (Å²) in [7, 11) is -1.02. The Morgan fingerprint density at radius 3 is 2.75 bits per heavy atom. The molecule has 0 bridgehead atoms. The van der Waals surface area contributed by atoms with Gasteiger partial charge in [-0.2, -0.15) is 0 Å². The topological polar surface area (TPSA) is 26.3 Å². The van der Waals surface area contributed by atoms with E-state index in [1.807, 2.05) is 0 Å². The zero-order valence-electron chi connectivity index (χ0n) is 5.09. The standard InChI is InChI=1S/C4H9O2P.Na/c1-2-3-4-6-7-5;/h2H,1,3-4,7H2;. The van der Waals surface area contributed by atoms with E-state index in [0.717, 1.165) is 6.42 Å². The van der Waals surface area contributed by atoms with Gasteiger partial charge in [-0.05, 0) is 6.42 Å². The van der Waals surface area contributed by atoms with Crippen molar-refractivity contribution in [2.24, 2.45) is 0 Å². The molecule has 0 aliphatic carbocycles. The van der Waals surface area contributed by atoms with E-state index >= 15 is 0 Å². The van der Waals surface area contributed by atoms with E-state index in [1.165, 1.54) is 0 Å². The van der Waals surface area contributed by atoms with Crippen LogP contribution >= 0.6 is 8.69 Å². The Morgan fingerprint density at radius 2 is 2.38 bits per heavy atom. The van der Waals surface area contributed by atoms with Crippen LogP contribution in [-0.4, -0.2) is 36.2 Å². The molecule has 0 N–H and O–H groups in total. The first-order valence-corrected chi connectivity index (χ1v) is 3.02. The van der Waals surface area contributed by atoms with E-state index in [0.29, 0.717) is 6.61 Å². The molecule has 43 valence electrons. The quantitative estimate of drug-likeness (QED) is 0.252. The fourth-order valence-corrected chi connectivity index (χ4v) is 0.432. The normalized spacial score (nSPS) is 9.00. The summed E-state index contributed by atoms with van der Waals surface area (Å²) in [5, 5.41) is 0. The monoisotopic (exact) mass is 143 g/mol. The maximum Gasteiger partial charge on any atom is 0.179 e. The Balaban J connectivity index is 0. The van der Waals surface area contributed by atoms with Gasteiger partial charge in [-0.15, -0.1) is 6.58 Å². The molecule has 8 heavy (non-hydrogen) atoms. The predicted molar refractivity (Wildman–Crippen MR) is 36.9 cm³/mol. The van der Waals surface area contributed by atoms with Crippen LogP contribution in [0.4, 0.5) is 0 Å².